The van der Waals surface area contributed by atoms with Gasteiger partial charge >= 0.3 is 0 Å². The fraction of sp³-hybridized carbons (Fsp3) is 0.444. The van der Waals surface area contributed by atoms with Crippen LogP contribution in [0.5, 0.6) is 0 Å². The van der Waals surface area contributed by atoms with Crippen LogP contribution >= 0.6 is 0 Å². The van der Waals surface area contributed by atoms with E-state index in [2.05, 4.69) is 19.1 Å². The van der Waals surface area contributed by atoms with Crippen molar-refractivity contribution in [3.8, 4) is 0 Å². The molecule has 0 aromatic heterocycles. The van der Waals surface area contributed by atoms with Crippen LogP contribution in [0.4, 0.5) is 5.69 Å². The number of benzene rings is 1. The van der Waals surface area contributed by atoms with Crippen LogP contribution in [0.3, 0.4) is 0 Å². The monoisotopic (exact) mass is 281 g/mol. The number of fused-ring (bicyclic) bond motifs is 1. The number of aryl methyl sites for hydroxylation is 1. The molecule has 3 aliphatic carbocycles. The maximum Gasteiger partial charge on any atom is 0.238 e. The predicted octanol–water partition coefficient (Wildman–Crippen LogP) is 2.95. The van der Waals surface area contributed by atoms with E-state index in [0.717, 1.165) is 30.5 Å². The second kappa shape index (κ2) is 4.55. The summed E-state index contributed by atoms with van der Waals surface area (Å²) < 4.78 is 0. The number of imide groups is 1. The third-order valence-electron chi connectivity index (χ3n) is 5.37. The fourth-order valence-electron chi connectivity index (χ4n) is 4.34. The number of carbonyl (C=O) groups excluding carboxylic acids is 2. The largest absolute Gasteiger partial charge is 0.274 e. The molecular weight excluding hydrogens is 262 g/mol. The van der Waals surface area contributed by atoms with E-state index in [0.29, 0.717) is 0 Å². The van der Waals surface area contributed by atoms with Gasteiger partial charge in [0.05, 0.1) is 17.5 Å². The molecule has 1 aromatic rings. The van der Waals surface area contributed by atoms with Crippen LogP contribution in [0, 0.1) is 23.7 Å². The normalized spacial score (nSPS) is 33.7. The van der Waals surface area contributed by atoms with E-state index in [1.165, 1.54) is 4.90 Å². The number of hydrogen-bond donors (Lipinski definition) is 0. The summed E-state index contributed by atoms with van der Waals surface area (Å²) in [6, 6.07) is 7.78. The summed E-state index contributed by atoms with van der Waals surface area (Å²) in [5, 5.41) is 0. The number of hydrogen-bond acceptors (Lipinski definition) is 2. The van der Waals surface area contributed by atoms with Crippen LogP contribution in [0.15, 0.2) is 36.4 Å². The maximum atomic E-state index is 12.9. The van der Waals surface area contributed by atoms with E-state index in [1.807, 2.05) is 24.3 Å². The van der Waals surface area contributed by atoms with Gasteiger partial charge < -0.3 is 0 Å². The molecule has 3 heteroatoms. The lowest BCUT2D eigenvalue weighted by atomic mass is 9.63. The standard InChI is InChI=1S/C18H19NO2/c1-2-11-5-3-4-6-14(11)19-17(20)15-12-7-8-13(10-9-12)16(15)18(19)21/h3-8,12-13,15-16H,2,9-10H2,1H3/t12-,13+,15-,16+. The molecule has 2 bridgehead atoms. The molecule has 5 rings (SSSR count). The Morgan fingerprint density at radius 2 is 1.57 bits per heavy atom. The molecule has 21 heavy (non-hydrogen) atoms. The number of para-hydroxylation sites is 1. The van der Waals surface area contributed by atoms with Gasteiger partial charge in [-0.3, -0.25) is 9.59 Å². The van der Waals surface area contributed by atoms with Crippen molar-refractivity contribution in [3.05, 3.63) is 42.0 Å². The minimum absolute atomic E-state index is 0.0185. The van der Waals surface area contributed by atoms with Crippen molar-refractivity contribution in [1.82, 2.24) is 0 Å². The van der Waals surface area contributed by atoms with E-state index in [1.54, 1.807) is 0 Å². The number of amides is 2. The Balaban J connectivity index is 1.79. The molecule has 108 valence electrons. The van der Waals surface area contributed by atoms with Crippen molar-refractivity contribution in [1.29, 1.82) is 0 Å². The van der Waals surface area contributed by atoms with Gasteiger partial charge in [0.1, 0.15) is 0 Å². The van der Waals surface area contributed by atoms with Crippen LogP contribution < -0.4 is 4.90 Å². The highest BCUT2D eigenvalue weighted by atomic mass is 16.2. The summed E-state index contributed by atoms with van der Waals surface area (Å²) in [6.07, 6.45) is 7.24. The highest BCUT2D eigenvalue weighted by molar-refractivity contribution is 6.22. The lowest BCUT2D eigenvalue weighted by molar-refractivity contribution is -0.124. The highest BCUT2D eigenvalue weighted by Crippen LogP contribution is 2.50. The van der Waals surface area contributed by atoms with Crippen LogP contribution in [0.2, 0.25) is 0 Å². The van der Waals surface area contributed by atoms with E-state index >= 15 is 0 Å². The molecule has 1 saturated carbocycles. The van der Waals surface area contributed by atoms with E-state index < -0.39 is 0 Å². The molecule has 0 unspecified atom stereocenters. The van der Waals surface area contributed by atoms with Crippen LogP contribution in [0.1, 0.15) is 25.3 Å². The van der Waals surface area contributed by atoms with Gasteiger partial charge in [-0.05, 0) is 42.7 Å². The Labute approximate surface area is 124 Å². The summed E-state index contributed by atoms with van der Waals surface area (Å²) in [6.45, 7) is 2.06. The molecule has 2 amide bonds. The van der Waals surface area contributed by atoms with Crippen LogP contribution in [-0.4, -0.2) is 11.8 Å². The van der Waals surface area contributed by atoms with E-state index in [9.17, 15) is 9.59 Å². The zero-order valence-corrected chi connectivity index (χ0v) is 12.2. The van der Waals surface area contributed by atoms with E-state index in [-0.39, 0.29) is 35.5 Å². The molecular formula is C18H19NO2. The molecule has 1 aromatic carbocycles. The Bertz CT molecular complexity index is 616. The van der Waals surface area contributed by atoms with Crippen LogP contribution in [0.25, 0.3) is 0 Å². The number of rotatable bonds is 2. The lowest BCUT2D eigenvalue weighted by Gasteiger charge is -2.38. The quantitative estimate of drug-likeness (QED) is 0.617. The molecule has 3 nitrogen and oxygen atoms in total. The predicted molar refractivity (Wildman–Crippen MR) is 80.6 cm³/mol. The minimum Gasteiger partial charge on any atom is -0.274 e. The third kappa shape index (κ3) is 1.66. The Kier molecular flexibility index (Phi) is 2.78. The number of nitrogens with zero attached hydrogens (tertiary/aromatic N) is 1. The van der Waals surface area contributed by atoms with Crippen molar-refractivity contribution in [2.45, 2.75) is 26.2 Å². The van der Waals surface area contributed by atoms with Gasteiger partial charge in [0.15, 0.2) is 0 Å². The Morgan fingerprint density at radius 3 is 2.10 bits per heavy atom. The highest BCUT2D eigenvalue weighted by Gasteiger charge is 2.57. The third-order valence-corrected chi connectivity index (χ3v) is 5.37. The molecule has 2 fully saturated rings. The van der Waals surface area contributed by atoms with Gasteiger partial charge in [-0.1, -0.05) is 37.3 Å². The first-order chi connectivity index (χ1) is 10.2. The summed E-state index contributed by atoms with van der Waals surface area (Å²) in [5.41, 5.74) is 1.86. The average molecular weight is 281 g/mol. The topological polar surface area (TPSA) is 37.4 Å². The summed E-state index contributed by atoms with van der Waals surface area (Å²) >= 11 is 0. The maximum absolute atomic E-state index is 12.9. The molecule has 1 aliphatic heterocycles. The summed E-state index contributed by atoms with van der Waals surface area (Å²) in [5.74, 6) is 0.317. The Hall–Kier alpha value is -1.90. The Morgan fingerprint density at radius 1 is 1.00 bits per heavy atom. The van der Waals surface area contributed by atoms with Crippen molar-refractivity contribution in [2.24, 2.45) is 23.7 Å². The van der Waals surface area contributed by atoms with Crippen molar-refractivity contribution >= 4 is 17.5 Å². The summed E-state index contributed by atoms with van der Waals surface area (Å²) in [4.78, 5) is 27.2. The fourth-order valence-corrected chi connectivity index (χ4v) is 4.34. The molecule has 4 atom stereocenters. The first kappa shape index (κ1) is 12.8. The second-order valence-corrected chi connectivity index (χ2v) is 6.34. The van der Waals surface area contributed by atoms with Gasteiger partial charge in [-0.2, -0.15) is 0 Å². The molecule has 1 heterocycles. The van der Waals surface area contributed by atoms with Gasteiger partial charge in [0.2, 0.25) is 11.8 Å². The molecule has 0 spiro atoms. The molecule has 1 saturated heterocycles. The molecule has 0 radical (unpaired) electrons. The zero-order chi connectivity index (χ0) is 14.6. The molecule has 0 N–H and O–H groups in total. The first-order valence-corrected chi connectivity index (χ1v) is 7.86. The van der Waals surface area contributed by atoms with Crippen LogP contribution in [-0.2, 0) is 16.0 Å². The van der Waals surface area contributed by atoms with Crippen molar-refractivity contribution in [3.63, 3.8) is 0 Å². The summed E-state index contributed by atoms with van der Waals surface area (Å²) in [7, 11) is 0. The lowest BCUT2D eigenvalue weighted by Crippen LogP contribution is -2.38. The van der Waals surface area contributed by atoms with Gasteiger partial charge in [-0.25, -0.2) is 4.90 Å². The molecule has 4 aliphatic rings. The number of allylic oxidation sites excluding steroid dienone is 2. The van der Waals surface area contributed by atoms with Crippen molar-refractivity contribution < 1.29 is 9.59 Å². The number of anilines is 1. The first-order valence-electron chi connectivity index (χ1n) is 7.86. The number of carbonyl (C=O) groups is 2. The van der Waals surface area contributed by atoms with Gasteiger partial charge in [-0.15, -0.1) is 0 Å². The zero-order valence-electron chi connectivity index (χ0n) is 12.2. The minimum atomic E-state index is -0.119. The van der Waals surface area contributed by atoms with E-state index in [4.69, 9.17) is 0 Å². The smallest absolute Gasteiger partial charge is 0.238 e. The SMILES string of the molecule is CCc1ccccc1N1C(=O)[C@@H]2[C@H](C1=O)[C@@H]1C=C[C@H]2CC1. The van der Waals surface area contributed by atoms with Gasteiger partial charge in [0.25, 0.3) is 0 Å². The second-order valence-electron chi connectivity index (χ2n) is 6.34. The van der Waals surface area contributed by atoms with Gasteiger partial charge in [0, 0.05) is 0 Å². The van der Waals surface area contributed by atoms with Crippen molar-refractivity contribution in [2.75, 3.05) is 4.90 Å². The average Bonchev–Trinajstić information content (AvgIpc) is 2.82.